The lowest BCUT2D eigenvalue weighted by Gasteiger charge is -2.13. The summed E-state index contributed by atoms with van der Waals surface area (Å²) in [6, 6.07) is 5.64. The molecule has 1 atom stereocenters. The van der Waals surface area contributed by atoms with Gasteiger partial charge >= 0.3 is 0 Å². The number of halogens is 1. The zero-order chi connectivity index (χ0) is 9.97. The van der Waals surface area contributed by atoms with Crippen LogP contribution in [-0.4, -0.2) is 18.8 Å². The van der Waals surface area contributed by atoms with Crippen LogP contribution in [0.15, 0.2) is 18.2 Å². The molecule has 2 rings (SSSR count). The van der Waals surface area contributed by atoms with Crippen molar-refractivity contribution in [2.75, 3.05) is 13.7 Å². The Bertz CT molecular complexity index is 324. The van der Waals surface area contributed by atoms with Crippen LogP contribution in [0.4, 0.5) is 0 Å². The average molecular weight is 230 g/mol. The molecule has 1 aliphatic rings. The molecule has 15 heavy (non-hydrogen) atoms. The van der Waals surface area contributed by atoms with Crippen molar-refractivity contribution in [3.63, 3.8) is 0 Å². The van der Waals surface area contributed by atoms with E-state index in [0.717, 1.165) is 24.3 Å². The van der Waals surface area contributed by atoms with E-state index in [-0.39, 0.29) is 18.4 Å². The summed E-state index contributed by atoms with van der Waals surface area (Å²) >= 11 is 0. The molecule has 1 fully saturated rings. The second kappa shape index (κ2) is 5.24. The van der Waals surface area contributed by atoms with Crippen molar-refractivity contribution in [1.82, 2.24) is 5.32 Å². The first-order chi connectivity index (χ1) is 6.81. The molecule has 1 aliphatic heterocycles. The van der Waals surface area contributed by atoms with Crippen LogP contribution >= 0.6 is 12.4 Å². The summed E-state index contributed by atoms with van der Waals surface area (Å²) in [7, 11) is 1.64. The highest BCUT2D eigenvalue weighted by Crippen LogP contribution is 2.32. The standard InChI is InChI=1S/C11H15NO2.ClH/c1-14-8-4-5-11(13)9(7-8)10-3-2-6-12-10;/h4-5,7,10,12-13H,2-3,6H2,1H3;1H/t10-;/m0./s1. The molecule has 0 spiro atoms. The molecule has 1 heterocycles. The third-order valence-corrected chi connectivity index (χ3v) is 2.67. The number of ether oxygens (including phenoxy) is 1. The maximum atomic E-state index is 9.70. The van der Waals surface area contributed by atoms with E-state index in [0.29, 0.717) is 5.75 Å². The summed E-state index contributed by atoms with van der Waals surface area (Å²) < 4.78 is 5.13. The SMILES string of the molecule is COc1ccc(O)c([C@@H]2CCCN2)c1.Cl. The van der Waals surface area contributed by atoms with Gasteiger partial charge in [-0.05, 0) is 37.6 Å². The van der Waals surface area contributed by atoms with Crippen molar-refractivity contribution < 1.29 is 9.84 Å². The van der Waals surface area contributed by atoms with Gasteiger partial charge in [0.1, 0.15) is 11.5 Å². The average Bonchev–Trinajstić information content (AvgIpc) is 2.71. The number of methoxy groups -OCH3 is 1. The van der Waals surface area contributed by atoms with Crippen molar-refractivity contribution in [3.8, 4) is 11.5 Å². The molecule has 0 amide bonds. The van der Waals surface area contributed by atoms with E-state index in [1.807, 2.05) is 6.07 Å². The Morgan fingerprint density at radius 3 is 2.87 bits per heavy atom. The Morgan fingerprint density at radius 1 is 1.47 bits per heavy atom. The number of benzene rings is 1. The predicted octanol–water partition coefficient (Wildman–Crippen LogP) is 2.25. The van der Waals surface area contributed by atoms with E-state index in [1.54, 1.807) is 19.2 Å². The largest absolute Gasteiger partial charge is 0.508 e. The molecule has 3 nitrogen and oxygen atoms in total. The van der Waals surface area contributed by atoms with Gasteiger partial charge in [-0.2, -0.15) is 0 Å². The van der Waals surface area contributed by atoms with Crippen LogP contribution in [-0.2, 0) is 0 Å². The quantitative estimate of drug-likeness (QED) is 0.818. The Kier molecular flexibility index (Phi) is 4.24. The van der Waals surface area contributed by atoms with E-state index in [9.17, 15) is 5.11 Å². The number of nitrogens with one attached hydrogen (secondary N) is 1. The van der Waals surface area contributed by atoms with Gasteiger partial charge in [-0.15, -0.1) is 12.4 Å². The van der Waals surface area contributed by atoms with Crippen LogP contribution in [0.1, 0.15) is 24.4 Å². The summed E-state index contributed by atoms with van der Waals surface area (Å²) in [6.07, 6.45) is 2.25. The van der Waals surface area contributed by atoms with Gasteiger partial charge in [0.25, 0.3) is 0 Å². The Balaban J connectivity index is 0.00000112. The molecule has 4 heteroatoms. The highest BCUT2D eigenvalue weighted by molar-refractivity contribution is 5.85. The van der Waals surface area contributed by atoms with Gasteiger partial charge in [0.15, 0.2) is 0 Å². The number of aromatic hydroxyl groups is 1. The van der Waals surface area contributed by atoms with Crippen molar-refractivity contribution >= 4 is 12.4 Å². The van der Waals surface area contributed by atoms with Gasteiger partial charge in [0, 0.05) is 11.6 Å². The van der Waals surface area contributed by atoms with E-state index in [1.165, 1.54) is 6.42 Å². The van der Waals surface area contributed by atoms with E-state index >= 15 is 0 Å². The van der Waals surface area contributed by atoms with Crippen LogP contribution in [0, 0.1) is 0 Å². The summed E-state index contributed by atoms with van der Waals surface area (Å²) in [5, 5.41) is 13.0. The number of hydrogen-bond donors (Lipinski definition) is 2. The first-order valence-corrected chi connectivity index (χ1v) is 4.91. The summed E-state index contributed by atoms with van der Waals surface area (Å²) in [5.41, 5.74) is 0.946. The fourth-order valence-electron chi connectivity index (χ4n) is 1.89. The summed E-state index contributed by atoms with van der Waals surface area (Å²) in [5.74, 6) is 1.15. The minimum Gasteiger partial charge on any atom is -0.508 e. The van der Waals surface area contributed by atoms with Gasteiger partial charge in [0.05, 0.1) is 7.11 Å². The van der Waals surface area contributed by atoms with E-state index < -0.39 is 0 Å². The molecular weight excluding hydrogens is 214 g/mol. The number of hydrogen-bond acceptors (Lipinski definition) is 3. The first-order valence-electron chi connectivity index (χ1n) is 4.91. The fraction of sp³-hybridized carbons (Fsp3) is 0.455. The Morgan fingerprint density at radius 2 is 2.27 bits per heavy atom. The normalized spacial score (nSPS) is 19.7. The van der Waals surface area contributed by atoms with Gasteiger partial charge < -0.3 is 15.2 Å². The number of phenols is 1. The molecule has 1 aromatic carbocycles. The smallest absolute Gasteiger partial charge is 0.120 e. The third kappa shape index (κ3) is 2.55. The highest BCUT2D eigenvalue weighted by Gasteiger charge is 2.19. The molecule has 0 unspecified atom stereocenters. The summed E-state index contributed by atoms with van der Waals surface area (Å²) in [4.78, 5) is 0. The summed E-state index contributed by atoms with van der Waals surface area (Å²) in [6.45, 7) is 1.03. The van der Waals surface area contributed by atoms with Crippen LogP contribution in [0.25, 0.3) is 0 Å². The number of phenolic OH excluding ortho intramolecular Hbond substituents is 1. The lowest BCUT2D eigenvalue weighted by molar-refractivity contribution is 0.408. The molecule has 2 N–H and O–H groups in total. The molecule has 84 valence electrons. The lowest BCUT2D eigenvalue weighted by Crippen LogP contribution is -2.12. The van der Waals surface area contributed by atoms with Gasteiger partial charge in [0.2, 0.25) is 0 Å². The Labute approximate surface area is 95.9 Å². The predicted molar refractivity (Wildman–Crippen MR) is 61.9 cm³/mol. The number of rotatable bonds is 2. The second-order valence-electron chi connectivity index (χ2n) is 3.57. The molecule has 0 radical (unpaired) electrons. The molecule has 0 saturated carbocycles. The van der Waals surface area contributed by atoms with Crippen LogP contribution in [0.5, 0.6) is 11.5 Å². The minimum absolute atomic E-state index is 0. The van der Waals surface area contributed by atoms with Crippen LogP contribution < -0.4 is 10.1 Å². The molecule has 1 saturated heterocycles. The lowest BCUT2D eigenvalue weighted by atomic mass is 10.0. The van der Waals surface area contributed by atoms with Crippen molar-refractivity contribution in [2.45, 2.75) is 18.9 Å². The molecule has 0 aliphatic carbocycles. The van der Waals surface area contributed by atoms with Crippen molar-refractivity contribution in [1.29, 1.82) is 0 Å². The van der Waals surface area contributed by atoms with Crippen molar-refractivity contribution in [2.24, 2.45) is 0 Å². The molecule has 0 bridgehead atoms. The molecule has 1 aromatic rings. The second-order valence-corrected chi connectivity index (χ2v) is 3.57. The zero-order valence-corrected chi connectivity index (χ0v) is 9.51. The highest BCUT2D eigenvalue weighted by atomic mass is 35.5. The van der Waals surface area contributed by atoms with Gasteiger partial charge in [-0.1, -0.05) is 0 Å². The third-order valence-electron chi connectivity index (χ3n) is 2.67. The van der Waals surface area contributed by atoms with E-state index in [2.05, 4.69) is 5.32 Å². The topological polar surface area (TPSA) is 41.5 Å². The van der Waals surface area contributed by atoms with Crippen LogP contribution in [0.2, 0.25) is 0 Å². The maximum Gasteiger partial charge on any atom is 0.120 e. The van der Waals surface area contributed by atoms with Crippen molar-refractivity contribution in [3.05, 3.63) is 23.8 Å². The zero-order valence-electron chi connectivity index (χ0n) is 8.69. The van der Waals surface area contributed by atoms with E-state index in [4.69, 9.17) is 4.74 Å². The van der Waals surface area contributed by atoms with Crippen LogP contribution in [0.3, 0.4) is 0 Å². The monoisotopic (exact) mass is 229 g/mol. The molecule has 0 aromatic heterocycles. The minimum atomic E-state index is 0. The van der Waals surface area contributed by atoms with Gasteiger partial charge in [-0.3, -0.25) is 0 Å². The first kappa shape index (κ1) is 12.1. The maximum absolute atomic E-state index is 9.70. The Hall–Kier alpha value is -0.930. The molecular formula is C11H16ClNO2. The fourth-order valence-corrected chi connectivity index (χ4v) is 1.89. The van der Waals surface area contributed by atoms with Gasteiger partial charge in [-0.25, -0.2) is 0 Å².